The number of fused-ring (bicyclic) bond motifs is 2. The molecule has 2 N–H and O–H groups in total. The molecule has 0 spiro atoms. The molecule has 0 saturated carbocycles. The highest BCUT2D eigenvalue weighted by Crippen LogP contribution is 2.24. The number of pyridine rings is 1. The van der Waals surface area contributed by atoms with Crippen LogP contribution < -0.4 is 15.4 Å². The van der Waals surface area contributed by atoms with Crippen LogP contribution in [0.25, 0.3) is 27.9 Å². The topological polar surface area (TPSA) is 114 Å². The summed E-state index contributed by atoms with van der Waals surface area (Å²) in [6.07, 6.45) is 4.56. The Labute approximate surface area is 185 Å². The van der Waals surface area contributed by atoms with E-state index in [1.165, 1.54) is 12.1 Å². The number of carbonyl (C=O) groups excluding carboxylic acids is 1. The Morgan fingerprint density at radius 1 is 1.18 bits per heavy atom. The summed E-state index contributed by atoms with van der Waals surface area (Å²) in [5.74, 6) is 0.0423. The standard InChI is InChI=1S/C23H16FN5O4/c24-14-3-6-22(25-11-14)27-23(30)12-32-16-4-5-20-17(9-16)18(28-31)10-21(33-20)19-8-15-2-1-7-29(15)13-26-19/h1-11,13,31H,12H2,(H,25,27,30). The molecule has 5 aromatic rings. The first-order valence-electron chi connectivity index (χ1n) is 9.82. The molecule has 0 aliphatic rings. The summed E-state index contributed by atoms with van der Waals surface area (Å²) in [5.41, 5.74) is 1.97. The summed E-state index contributed by atoms with van der Waals surface area (Å²) in [4.78, 5) is 20.2. The van der Waals surface area contributed by atoms with Crippen LogP contribution in [0.15, 0.2) is 82.9 Å². The van der Waals surface area contributed by atoms with Gasteiger partial charge in [0.05, 0.1) is 17.9 Å². The lowest BCUT2D eigenvalue weighted by atomic mass is 10.2. The van der Waals surface area contributed by atoms with Crippen LogP contribution in [-0.4, -0.2) is 32.1 Å². The summed E-state index contributed by atoms with van der Waals surface area (Å²) in [6.45, 7) is -0.299. The van der Waals surface area contributed by atoms with Gasteiger partial charge in [-0.3, -0.25) is 4.79 Å². The molecule has 5 rings (SSSR count). The Morgan fingerprint density at radius 2 is 2.09 bits per heavy atom. The highest BCUT2D eigenvalue weighted by atomic mass is 19.1. The van der Waals surface area contributed by atoms with Gasteiger partial charge in [0.15, 0.2) is 12.4 Å². The number of carbonyl (C=O) groups is 1. The third-order valence-corrected chi connectivity index (χ3v) is 4.86. The Hall–Kier alpha value is -4.73. The number of nitrogens with zero attached hydrogens (tertiary/aromatic N) is 4. The number of hydrogen-bond acceptors (Lipinski definition) is 7. The van der Waals surface area contributed by atoms with Gasteiger partial charge in [-0.15, -0.1) is 0 Å². The predicted molar refractivity (Wildman–Crippen MR) is 116 cm³/mol. The molecule has 0 aliphatic heterocycles. The van der Waals surface area contributed by atoms with Crippen molar-refractivity contribution in [2.24, 2.45) is 5.16 Å². The number of anilines is 1. The van der Waals surface area contributed by atoms with Crippen LogP contribution in [0.2, 0.25) is 0 Å². The molecule has 10 heteroatoms. The summed E-state index contributed by atoms with van der Waals surface area (Å²) in [6, 6.07) is 14.7. The number of halogens is 1. The number of benzene rings is 1. The molecule has 0 fully saturated rings. The predicted octanol–water partition coefficient (Wildman–Crippen LogP) is 3.59. The van der Waals surface area contributed by atoms with Gasteiger partial charge in [0.25, 0.3) is 5.91 Å². The summed E-state index contributed by atoms with van der Waals surface area (Å²) in [5, 5.41) is 16.2. The normalized spacial score (nSPS) is 11.7. The molecule has 0 aliphatic carbocycles. The zero-order valence-electron chi connectivity index (χ0n) is 17.0. The fourth-order valence-electron chi connectivity index (χ4n) is 3.30. The van der Waals surface area contributed by atoms with E-state index in [2.05, 4.69) is 20.4 Å². The molecule has 1 amide bonds. The average Bonchev–Trinajstić information content (AvgIpc) is 3.31. The van der Waals surface area contributed by atoms with Crippen LogP contribution in [0.3, 0.4) is 0 Å². The number of ether oxygens (including phenoxy) is 1. The van der Waals surface area contributed by atoms with Gasteiger partial charge in [-0.05, 0) is 48.5 Å². The van der Waals surface area contributed by atoms with Crippen LogP contribution in [0, 0.1) is 5.82 Å². The maximum atomic E-state index is 12.9. The lowest BCUT2D eigenvalue weighted by Gasteiger charge is -2.09. The van der Waals surface area contributed by atoms with Crippen molar-refractivity contribution >= 4 is 28.2 Å². The van der Waals surface area contributed by atoms with Gasteiger partial charge in [0, 0.05) is 17.8 Å². The fraction of sp³-hybridized carbons (Fsp3) is 0.0435. The minimum atomic E-state index is -0.500. The monoisotopic (exact) mass is 445 g/mol. The third-order valence-electron chi connectivity index (χ3n) is 4.86. The molecule has 0 atom stereocenters. The summed E-state index contributed by atoms with van der Waals surface area (Å²) in [7, 11) is 0. The van der Waals surface area contributed by atoms with Gasteiger partial charge in [0.1, 0.15) is 34.0 Å². The van der Waals surface area contributed by atoms with Crippen LogP contribution in [-0.2, 0) is 4.79 Å². The van der Waals surface area contributed by atoms with Crippen LogP contribution in [0.4, 0.5) is 10.2 Å². The average molecular weight is 445 g/mol. The van der Waals surface area contributed by atoms with E-state index in [-0.39, 0.29) is 17.8 Å². The van der Waals surface area contributed by atoms with Crippen LogP contribution in [0.1, 0.15) is 0 Å². The molecule has 0 unspecified atom stereocenters. The second-order valence-electron chi connectivity index (χ2n) is 7.07. The third kappa shape index (κ3) is 4.22. The van der Waals surface area contributed by atoms with Crippen molar-refractivity contribution in [2.75, 3.05) is 11.9 Å². The van der Waals surface area contributed by atoms with Crippen molar-refractivity contribution in [1.82, 2.24) is 14.4 Å². The molecule has 33 heavy (non-hydrogen) atoms. The van der Waals surface area contributed by atoms with Gasteiger partial charge in [-0.2, -0.15) is 0 Å². The lowest BCUT2D eigenvalue weighted by molar-refractivity contribution is -0.118. The largest absolute Gasteiger partial charge is 0.484 e. The second kappa shape index (κ2) is 8.42. The first-order chi connectivity index (χ1) is 16.1. The van der Waals surface area contributed by atoms with E-state index in [4.69, 9.17) is 9.15 Å². The molecule has 0 radical (unpaired) electrons. The second-order valence-corrected chi connectivity index (χ2v) is 7.07. The van der Waals surface area contributed by atoms with Crippen molar-refractivity contribution in [3.05, 3.63) is 84.5 Å². The quantitative estimate of drug-likeness (QED) is 0.316. The van der Waals surface area contributed by atoms with Gasteiger partial charge >= 0.3 is 0 Å². The summed E-state index contributed by atoms with van der Waals surface area (Å²) < 4.78 is 26.3. The van der Waals surface area contributed by atoms with Gasteiger partial charge < -0.3 is 24.1 Å². The molecule has 4 aromatic heterocycles. The molecule has 164 valence electrons. The van der Waals surface area contributed by atoms with E-state index in [1.807, 2.05) is 28.8 Å². The van der Waals surface area contributed by atoms with E-state index in [1.54, 1.807) is 30.6 Å². The molecular formula is C23H16FN5O4. The Bertz CT molecular complexity index is 1540. The number of aromatic nitrogens is 3. The Morgan fingerprint density at radius 3 is 2.91 bits per heavy atom. The van der Waals surface area contributed by atoms with E-state index in [0.29, 0.717) is 28.2 Å². The van der Waals surface area contributed by atoms with Crippen molar-refractivity contribution < 1.29 is 23.5 Å². The summed E-state index contributed by atoms with van der Waals surface area (Å²) >= 11 is 0. The maximum Gasteiger partial charge on any atom is 0.263 e. The minimum absolute atomic E-state index is 0.211. The lowest BCUT2D eigenvalue weighted by Crippen LogP contribution is -2.20. The zero-order chi connectivity index (χ0) is 22.8. The first kappa shape index (κ1) is 20.2. The zero-order valence-corrected chi connectivity index (χ0v) is 17.0. The van der Waals surface area contributed by atoms with Gasteiger partial charge in [-0.25, -0.2) is 14.4 Å². The fourth-order valence-corrected chi connectivity index (χ4v) is 3.30. The van der Waals surface area contributed by atoms with Gasteiger partial charge in [-0.1, -0.05) is 5.16 Å². The smallest absolute Gasteiger partial charge is 0.263 e. The molecule has 0 bridgehead atoms. The molecule has 1 aromatic carbocycles. The number of rotatable bonds is 5. The van der Waals surface area contributed by atoms with E-state index in [9.17, 15) is 14.4 Å². The van der Waals surface area contributed by atoms with Crippen LogP contribution in [0.5, 0.6) is 5.75 Å². The number of amides is 1. The van der Waals surface area contributed by atoms with Crippen molar-refractivity contribution in [2.45, 2.75) is 0 Å². The van der Waals surface area contributed by atoms with Crippen molar-refractivity contribution in [3.8, 4) is 17.2 Å². The number of nitrogens with one attached hydrogen (secondary N) is 1. The molecule has 9 nitrogen and oxygen atoms in total. The molecule has 4 heterocycles. The molecule has 0 saturated heterocycles. The highest BCUT2D eigenvalue weighted by molar-refractivity contribution is 5.91. The Balaban J connectivity index is 1.38. The van der Waals surface area contributed by atoms with E-state index < -0.39 is 11.7 Å². The number of hydrogen-bond donors (Lipinski definition) is 2. The Kier molecular flexibility index (Phi) is 5.15. The van der Waals surface area contributed by atoms with Crippen LogP contribution >= 0.6 is 0 Å². The first-order valence-corrected chi connectivity index (χ1v) is 9.82. The van der Waals surface area contributed by atoms with Crippen molar-refractivity contribution in [3.63, 3.8) is 0 Å². The maximum absolute atomic E-state index is 12.9. The van der Waals surface area contributed by atoms with Gasteiger partial charge in [0.2, 0.25) is 0 Å². The SMILES string of the molecule is O=C(COc1ccc2oc(-c3cc4cccn4cn3)cc(=NO)c2c1)Nc1ccc(F)cn1. The molecular weight excluding hydrogens is 429 g/mol. The van der Waals surface area contributed by atoms with E-state index >= 15 is 0 Å². The highest BCUT2D eigenvalue weighted by Gasteiger charge is 2.11. The van der Waals surface area contributed by atoms with E-state index in [0.717, 1.165) is 11.7 Å². The van der Waals surface area contributed by atoms with Crippen molar-refractivity contribution in [1.29, 1.82) is 0 Å². The minimum Gasteiger partial charge on any atom is -0.484 e.